The van der Waals surface area contributed by atoms with Crippen molar-refractivity contribution < 1.29 is 38.1 Å². The summed E-state index contributed by atoms with van der Waals surface area (Å²) in [7, 11) is 3.01. The number of amides is 4. The molecule has 0 atom stereocenters. The lowest BCUT2D eigenvalue weighted by Crippen LogP contribution is -2.47. The Bertz CT molecular complexity index is 478. The first kappa shape index (κ1) is 20.6. The zero-order valence-corrected chi connectivity index (χ0v) is 14.3. The van der Waals surface area contributed by atoms with Crippen molar-refractivity contribution in [3.63, 3.8) is 0 Å². The van der Waals surface area contributed by atoms with Crippen LogP contribution in [0, 0.1) is 0 Å². The quantitative estimate of drug-likeness (QED) is 0.410. The Morgan fingerprint density at radius 3 is 1.72 bits per heavy atom. The van der Waals surface area contributed by atoms with Crippen LogP contribution in [0.5, 0.6) is 0 Å². The smallest absolute Gasteiger partial charge is 0.420 e. The molecule has 0 aromatic heterocycles. The van der Waals surface area contributed by atoms with Gasteiger partial charge in [0.2, 0.25) is 0 Å². The first-order valence-corrected chi connectivity index (χ1v) is 7.63. The second kappa shape index (κ2) is 11.2. The zero-order chi connectivity index (χ0) is 18.7. The van der Waals surface area contributed by atoms with E-state index in [9.17, 15) is 19.2 Å². The third-order valence-electron chi connectivity index (χ3n) is 3.06. The average molecular weight is 358 g/mol. The van der Waals surface area contributed by atoms with E-state index in [4.69, 9.17) is 18.9 Å². The summed E-state index contributed by atoms with van der Waals surface area (Å²) in [6.07, 6.45) is 0.938. The molecule has 0 radical (unpaired) electrons. The van der Waals surface area contributed by atoms with Crippen LogP contribution >= 0.6 is 0 Å². The van der Waals surface area contributed by atoms with Gasteiger partial charge >= 0.3 is 12.2 Å². The van der Waals surface area contributed by atoms with Crippen LogP contribution in [0.1, 0.15) is 12.8 Å². The topological polar surface area (TPSA) is 112 Å². The summed E-state index contributed by atoms with van der Waals surface area (Å²) in [5.41, 5.74) is 0. The lowest BCUT2D eigenvalue weighted by molar-refractivity contribution is -0.138. The van der Waals surface area contributed by atoms with Crippen LogP contribution in [0.3, 0.4) is 0 Å². The molecule has 0 saturated heterocycles. The lowest BCUT2D eigenvalue weighted by Gasteiger charge is -2.24. The monoisotopic (exact) mass is 358 g/mol. The molecule has 1 heterocycles. The van der Waals surface area contributed by atoms with Gasteiger partial charge in [-0.25, -0.2) is 9.59 Å². The molecule has 0 bridgehead atoms. The Morgan fingerprint density at radius 1 is 0.880 bits per heavy atom. The Labute approximate surface area is 145 Å². The number of imide groups is 2. The first-order chi connectivity index (χ1) is 12.0. The highest BCUT2D eigenvalue weighted by Crippen LogP contribution is 2.08. The van der Waals surface area contributed by atoms with Gasteiger partial charge in [-0.05, 0) is 0 Å². The van der Waals surface area contributed by atoms with Crippen molar-refractivity contribution in [1.82, 2.24) is 9.80 Å². The molecule has 0 saturated carbocycles. The van der Waals surface area contributed by atoms with E-state index in [1.165, 1.54) is 14.2 Å². The summed E-state index contributed by atoms with van der Waals surface area (Å²) in [6, 6.07) is 0. The van der Waals surface area contributed by atoms with Crippen molar-refractivity contribution in [2.45, 2.75) is 12.8 Å². The number of methoxy groups -OCH3 is 2. The van der Waals surface area contributed by atoms with E-state index < -0.39 is 30.7 Å². The van der Waals surface area contributed by atoms with Crippen LogP contribution in [0.25, 0.3) is 0 Å². The molecule has 0 N–H and O–H groups in total. The second-order valence-electron chi connectivity index (χ2n) is 4.93. The third kappa shape index (κ3) is 6.89. The minimum absolute atomic E-state index is 0.0142. The highest BCUT2D eigenvalue weighted by Gasteiger charge is 2.32. The van der Waals surface area contributed by atoms with Gasteiger partial charge in [-0.1, -0.05) is 0 Å². The highest BCUT2D eigenvalue weighted by atomic mass is 16.6. The largest absolute Gasteiger partial charge is 0.449 e. The van der Waals surface area contributed by atoms with Gasteiger partial charge in [0.05, 0.1) is 13.2 Å². The van der Waals surface area contributed by atoms with Crippen LogP contribution in [0.4, 0.5) is 9.59 Å². The Morgan fingerprint density at radius 2 is 1.32 bits per heavy atom. The highest BCUT2D eigenvalue weighted by molar-refractivity contribution is 6.13. The van der Waals surface area contributed by atoms with Gasteiger partial charge in [0.15, 0.2) is 0 Å². The van der Waals surface area contributed by atoms with Gasteiger partial charge < -0.3 is 18.9 Å². The molecule has 0 aromatic rings. The average Bonchev–Trinajstić information content (AvgIpc) is 2.91. The molecule has 10 nitrogen and oxygen atoms in total. The Hall–Kier alpha value is -2.46. The number of nitrogens with zero attached hydrogens (tertiary/aromatic N) is 2. The summed E-state index contributed by atoms with van der Waals surface area (Å²) in [4.78, 5) is 48.7. The fourth-order valence-corrected chi connectivity index (χ4v) is 1.78. The molecule has 1 aliphatic heterocycles. The minimum Gasteiger partial charge on any atom is -0.449 e. The molecule has 0 spiro atoms. The van der Waals surface area contributed by atoms with Crippen LogP contribution in [-0.2, 0) is 28.5 Å². The normalized spacial score (nSPS) is 13.3. The minimum atomic E-state index is -1.01. The van der Waals surface area contributed by atoms with E-state index >= 15 is 0 Å². The van der Waals surface area contributed by atoms with Crippen molar-refractivity contribution in [2.75, 3.05) is 47.3 Å². The summed E-state index contributed by atoms with van der Waals surface area (Å²) >= 11 is 0. The fourth-order valence-electron chi connectivity index (χ4n) is 1.78. The number of rotatable bonds is 10. The maximum Gasteiger partial charge on any atom is 0.420 e. The van der Waals surface area contributed by atoms with Gasteiger partial charge in [0.1, 0.15) is 6.67 Å². The number of ether oxygens (including phenoxy) is 4. The fraction of sp³-hybridized carbons (Fsp3) is 0.600. The maximum absolute atomic E-state index is 12.1. The van der Waals surface area contributed by atoms with Crippen molar-refractivity contribution in [3.8, 4) is 0 Å². The van der Waals surface area contributed by atoms with E-state index in [1.54, 1.807) is 0 Å². The van der Waals surface area contributed by atoms with Crippen molar-refractivity contribution >= 4 is 24.0 Å². The summed E-state index contributed by atoms with van der Waals surface area (Å²) in [6.45, 7) is 0.195. The molecule has 0 fully saturated rings. The van der Waals surface area contributed by atoms with Crippen LogP contribution in [0.15, 0.2) is 12.2 Å². The Balaban J connectivity index is 2.65. The number of hydrogen-bond acceptors (Lipinski definition) is 8. The van der Waals surface area contributed by atoms with Gasteiger partial charge in [0, 0.05) is 52.4 Å². The van der Waals surface area contributed by atoms with Crippen LogP contribution in [0.2, 0.25) is 0 Å². The molecule has 0 aromatic carbocycles. The molecule has 4 amide bonds. The number of hydrogen-bond donors (Lipinski definition) is 0. The molecule has 10 heteroatoms. The molecule has 25 heavy (non-hydrogen) atoms. The maximum atomic E-state index is 12.1. The second-order valence-corrected chi connectivity index (χ2v) is 4.93. The van der Waals surface area contributed by atoms with E-state index in [1.807, 2.05) is 0 Å². The molecular weight excluding hydrogens is 336 g/mol. The summed E-state index contributed by atoms with van der Waals surface area (Å²) in [5, 5.41) is 0. The van der Waals surface area contributed by atoms with Crippen molar-refractivity contribution in [1.29, 1.82) is 0 Å². The number of carbonyl (C=O) groups excluding carboxylic acids is 4. The summed E-state index contributed by atoms with van der Waals surface area (Å²) in [5.74, 6) is -1.26. The zero-order valence-electron chi connectivity index (χ0n) is 14.3. The van der Waals surface area contributed by atoms with Gasteiger partial charge in [-0.15, -0.1) is 0 Å². The molecule has 140 valence electrons. The molecule has 1 rings (SSSR count). The van der Waals surface area contributed by atoms with Gasteiger partial charge in [-0.3, -0.25) is 14.5 Å². The molecular formula is C15H22N2O8. The van der Waals surface area contributed by atoms with E-state index in [-0.39, 0.29) is 13.2 Å². The van der Waals surface area contributed by atoms with Crippen molar-refractivity contribution in [2.24, 2.45) is 0 Å². The van der Waals surface area contributed by atoms with E-state index in [2.05, 4.69) is 0 Å². The molecule has 0 aliphatic carbocycles. The SMILES string of the molecule is COCCCOC(=O)N(CN1C(=O)C=CC1=O)C(=O)OCCCOC. The van der Waals surface area contributed by atoms with Crippen LogP contribution in [-0.4, -0.2) is 81.1 Å². The first-order valence-electron chi connectivity index (χ1n) is 7.63. The molecule has 0 unspecified atom stereocenters. The number of carbonyl (C=O) groups is 4. The standard InChI is InChI=1S/C15H22N2O8/c1-22-7-3-9-24-14(20)17(15(21)25-10-4-8-23-2)11-16-12(18)5-6-13(16)19/h5-6H,3-4,7-11H2,1-2H3. The van der Waals surface area contributed by atoms with Gasteiger partial charge in [-0.2, -0.15) is 4.90 Å². The molecule has 1 aliphatic rings. The van der Waals surface area contributed by atoms with E-state index in [0.29, 0.717) is 31.0 Å². The van der Waals surface area contributed by atoms with Crippen LogP contribution < -0.4 is 0 Å². The third-order valence-corrected chi connectivity index (χ3v) is 3.06. The predicted molar refractivity (Wildman–Crippen MR) is 83.4 cm³/mol. The van der Waals surface area contributed by atoms with E-state index in [0.717, 1.165) is 17.1 Å². The Kier molecular flexibility index (Phi) is 9.19. The lowest BCUT2D eigenvalue weighted by atomic mass is 10.5. The predicted octanol–water partition coefficient (Wildman–Crippen LogP) is 0.517. The summed E-state index contributed by atoms with van der Waals surface area (Å²) < 4.78 is 19.6. The van der Waals surface area contributed by atoms with Crippen molar-refractivity contribution in [3.05, 3.63) is 12.2 Å². The van der Waals surface area contributed by atoms with Gasteiger partial charge in [0.25, 0.3) is 11.8 Å².